The fourth-order valence-corrected chi connectivity index (χ4v) is 2.34. The number of carboxylic acid groups (broad SMARTS) is 1. The van der Waals surface area contributed by atoms with Gasteiger partial charge in [-0.1, -0.05) is 6.07 Å². The van der Waals surface area contributed by atoms with Gasteiger partial charge >= 0.3 is 5.97 Å². The summed E-state index contributed by atoms with van der Waals surface area (Å²) in [6.45, 7) is 1.88. The third-order valence-electron chi connectivity index (χ3n) is 2.36. The molecule has 0 saturated carbocycles. The lowest BCUT2D eigenvalue weighted by molar-refractivity contribution is -0.137. The number of thiophene rings is 1. The van der Waals surface area contributed by atoms with Crippen molar-refractivity contribution >= 4 is 17.3 Å². The Labute approximate surface area is 97.2 Å². The summed E-state index contributed by atoms with van der Waals surface area (Å²) in [5.74, 6) is 0.0436. The smallest absolute Gasteiger partial charge is 0.305 e. The molecule has 0 aliphatic rings. The zero-order valence-corrected chi connectivity index (χ0v) is 9.65. The molecule has 0 aliphatic heterocycles. The van der Waals surface area contributed by atoms with Gasteiger partial charge in [-0.05, 0) is 18.4 Å². The maximum absolute atomic E-state index is 10.7. The van der Waals surface area contributed by atoms with Crippen molar-refractivity contribution in [2.75, 3.05) is 0 Å². The van der Waals surface area contributed by atoms with Crippen molar-refractivity contribution in [2.24, 2.45) is 0 Å². The Morgan fingerprint density at radius 3 is 3.12 bits per heavy atom. The van der Waals surface area contributed by atoms with Gasteiger partial charge in [0, 0.05) is 18.4 Å². The molecule has 0 aliphatic carbocycles. The number of rotatable bonds is 4. The predicted octanol–water partition coefficient (Wildman–Crippen LogP) is 2.65. The largest absolute Gasteiger partial charge is 0.481 e. The number of hydrogen-bond acceptors (Lipinski definition) is 3. The molecule has 5 heteroatoms. The highest BCUT2D eigenvalue weighted by Crippen LogP contribution is 2.26. The van der Waals surface area contributed by atoms with Crippen LogP contribution < -0.4 is 0 Å². The summed E-state index contributed by atoms with van der Waals surface area (Å²) < 4.78 is 1.90. The first-order chi connectivity index (χ1) is 7.68. The molecular formula is C11H12N2O2S. The van der Waals surface area contributed by atoms with Crippen LogP contribution in [0.3, 0.4) is 0 Å². The third kappa shape index (κ3) is 2.14. The van der Waals surface area contributed by atoms with Gasteiger partial charge in [-0.3, -0.25) is 4.79 Å². The van der Waals surface area contributed by atoms with Crippen LogP contribution in [0.15, 0.2) is 29.9 Å². The Bertz CT molecular complexity index is 476. The molecule has 0 saturated heterocycles. The van der Waals surface area contributed by atoms with Crippen molar-refractivity contribution in [3.05, 3.63) is 29.9 Å². The van der Waals surface area contributed by atoms with E-state index >= 15 is 0 Å². The topological polar surface area (TPSA) is 55.1 Å². The molecule has 2 aromatic heterocycles. The van der Waals surface area contributed by atoms with Crippen LogP contribution in [0.2, 0.25) is 0 Å². The molecule has 2 rings (SSSR count). The second kappa shape index (κ2) is 4.49. The summed E-state index contributed by atoms with van der Waals surface area (Å²) in [4.78, 5) is 16.0. The quantitative estimate of drug-likeness (QED) is 0.887. The van der Waals surface area contributed by atoms with Gasteiger partial charge in [-0.15, -0.1) is 11.3 Å². The van der Waals surface area contributed by atoms with Crippen LogP contribution >= 0.6 is 11.3 Å². The van der Waals surface area contributed by atoms with Crippen LogP contribution in [0.5, 0.6) is 0 Å². The minimum absolute atomic E-state index is 0.0860. The van der Waals surface area contributed by atoms with E-state index in [0.29, 0.717) is 0 Å². The first-order valence-electron chi connectivity index (χ1n) is 4.97. The molecule has 84 valence electrons. The second-order valence-electron chi connectivity index (χ2n) is 3.58. The van der Waals surface area contributed by atoms with E-state index in [1.165, 1.54) is 0 Å². The van der Waals surface area contributed by atoms with Gasteiger partial charge in [0.05, 0.1) is 11.3 Å². The summed E-state index contributed by atoms with van der Waals surface area (Å²) in [6, 6.07) is 3.86. The third-order valence-corrected chi connectivity index (χ3v) is 3.22. The van der Waals surface area contributed by atoms with Crippen LogP contribution in [0.25, 0.3) is 10.7 Å². The lowest BCUT2D eigenvalue weighted by Crippen LogP contribution is -2.10. The van der Waals surface area contributed by atoms with E-state index in [1.54, 1.807) is 17.5 Å². The van der Waals surface area contributed by atoms with E-state index in [9.17, 15) is 4.79 Å². The van der Waals surface area contributed by atoms with E-state index in [1.807, 2.05) is 35.2 Å². The van der Waals surface area contributed by atoms with Crippen molar-refractivity contribution < 1.29 is 9.90 Å². The number of imidazole rings is 1. The summed E-state index contributed by atoms with van der Waals surface area (Å²) in [7, 11) is 0. The minimum Gasteiger partial charge on any atom is -0.481 e. The summed E-state index contributed by atoms with van der Waals surface area (Å²) in [5, 5.41) is 10.8. The number of aromatic nitrogens is 2. The molecule has 1 N–H and O–H groups in total. The van der Waals surface area contributed by atoms with Crippen LogP contribution in [0.1, 0.15) is 19.4 Å². The lowest BCUT2D eigenvalue weighted by atomic mass is 10.2. The summed E-state index contributed by atoms with van der Waals surface area (Å²) in [5.41, 5.74) is 0. The number of carbonyl (C=O) groups is 1. The van der Waals surface area contributed by atoms with Gasteiger partial charge in [0.1, 0.15) is 5.82 Å². The summed E-state index contributed by atoms with van der Waals surface area (Å²) >= 11 is 1.60. The highest BCUT2D eigenvalue weighted by atomic mass is 32.1. The zero-order valence-electron chi connectivity index (χ0n) is 8.83. The van der Waals surface area contributed by atoms with Crippen LogP contribution in [-0.2, 0) is 4.79 Å². The fourth-order valence-electron chi connectivity index (χ4n) is 1.62. The van der Waals surface area contributed by atoms with Gasteiger partial charge < -0.3 is 9.67 Å². The lowest BCUT2D eigenvalue weighted by Gasteiger charge is -2.13. The van der Waals surface area contributed by atoms with Crippen LogP contribution in [0, 0.1) is 0 Å². The SMILES string of the molecule is CC(CC(=O)O)n1ccnc1-c1cccs1. The van der Waals surface area contributed by atoms with Crippen LogP contribution in [0.4, 0.5) is 0 Å². The zero-order chi connectivity index (χ0) is 11.5. The Kier molecular flexibility index (Phi) is 3.05. The Morgan fingerprint density at radius 2 is 2.50 bits per heavy atom. The molecule has 2 heterocycles. The highest BCUT2D eigenvalue weighted by Gasteiger charge is 2.14. The van der Waals surface area contributed by atoms with Crippen molar-refractivity contribution in [2.45, 2.75) is 19.4 Å². The molecule has 0 fully saturated rings. The average Bonchev–Trinajstić information content (AvgIpc) is 2.87. The molecule has 0 radical (unpaired) electrons. The van der Waals surface area contributed by atoms with E-state index in [-0.39, 0.29) is 12.5 Å². The highest BCUT2D eigenvalue weighted by molar-refractivity contribution is 7.13. The first kappa shape index (κ1) is 10.9. The normalized spacial score (nSPS) is 12.6. The number of nitrogens with zero attached hydrogens (tertiary/aromatic N) is 2. The fraction of sp³-hybridized carbons (Fsp3) is 0.273. The van der Waals surface area contributed by atoms with Crippen molar-refractivity contribution in [3.63, 3.8) is 0 Å². The molecule has 0 amide bonds. The van der Waals surface area contributed by atoms with Crippen molar-refractivity contribution in [1.82, 2.24) is 9.55 Å². The van der Waals surface area contributed by atoms with Gasteiger partial charge in [0.15, 0.2) is 0 Å². The Morgan fingerprint density at radius 1 is 1.69 bits per heavy atom. The molecule has 16 heavy (non-hydrogen) atoms. The second-order valence-corrected chi connectivity index (χ2v) is 4.53. The van der Waals surface area contributed by atoms with Crippen LogP contribution in [-0.4, -0.2) is 20.6 Å². The number of hydrogen-bond donors (Lipinski definition) is 1. The first-order valence-corrected chi connectivity index (χ1v) is 5.85. The molecule has 4 nitrogen and oxygen atoms in total. The number of carboxylic acids is 1. The average molecular weight is 236 g/mol. The van der Waals surface area contributed by atoms with E-state index < -0.39 is 5.97 Å². The summed E-state index contributed by atoms with van der Waals surface area (Å²) in [6.07, 6.45) is 3.63. The predicted molar refractivity (Wildman–Crippen MR) is 62.5 cm³/mol. The Hall–Kier alpha value is -1.62. The molecule has 2 aromatic rings. The monoisotopic (exact) mass is 236 g/mol. The minimum atomic E-state index is -0.793. The van der Waals surface area contributed by atoms with Gasteiger partial charge in [-0.25, -0.2) is 4.98 Å². The maximum Gasteiger partial charge on any atom is 0.305 e. The molecule has 0 aromatic carbocycles. The van der Waals surface area contributed by atoms with E-state index in [4.69, 9.17) is 5.11 Å². The van der Waals surface area contributed by atoms with Gasteiger partial charge in [-0.2, -0.15) is 0 Å². The van der Waals surface area contributed by atoms with E-state index in [0.717, 1.165) is 10.7 Å². The molecule has 1 atom stereocenters. The van der Waals surface area contributed by atoms with Crippen molar-refractivity contribution in [3.8, 4) is 10.7 Å². The number of aliphatic carboxylic acids is 1. The molecule has 1 unspecified atom stereocenters. The maximum atomic E-state index is 10.7. The van der Waals surface area contributed by atoms with E-state index in [2.05, 4.69) is 4.98 Å². The molecule has 0 bridgehead atoms. The van der Waals surface area contributed by atoms with Crippen molar-refractivity contribution in [1.29, 1.82) is 0 Å². The molecular weight excluding hydrogens is 224 g/mol. The Balaban J connectivity index is 2.29. The van der Waals surface area contributed by atoms with Gasteiger partial charge in [0.2, 0.25) is 0 Å². The standard InChI is InChI=1S/C11H12N2O2S/c1-8(7-10(14)15)13-5-4-12-11(13)9-3-2-6-16-9/h2-6,8H,7H2,1H3,(H,14,15). The molecule has 0 spiro atoms. The van der Waals surface area contributed by atoms with Gasteiger partial charge in [0.25, 0.3) is 0 Å².